The maximum absolute atomic E-state index is 13.1. The summed E-state index contributed by atoms with van der Waals surface area (Å²) in [6.07, 6.45) is 2.20. The van der Waals surface area contributed by atoms with Crippen LogP contribution in [0.4, 0.5) is 0 Å². The van der Waals surface area contributed by atoms with Crippen LogP contribution in [0.3, 0.4) is 0 Å². The van der Waals surface area contributed by atoms with Gasteiger partial charge in [0.05, 0.1) is 17.7 Å². The van der Waals surface area contributed by atoms with Crippen molar-refractivity contribution in [2.75, 3.05) is 5.75 Å². The molecule has 0 saturated heterocycles. The Labute approximate surface area is 189 Å². The summed E-state index contributed by atoms with van der Waals surface area (Å²) in [5.74, 6) is 1.10. The van der Waals surface area contributed by atoms with Crippen molar-refractivity contribution >= 4 is 23.4 Å². The zero-order valence-corrected chi connectivity index (χ0v) is 18.2. The Balaban J connectivity index is 1.32. The van der Waals surface area contributed by atoms with E-state index in [1.165, 1.54) is 22.3 Å². The predicted octanol–water partition coefficient (Wildman–Crippen LogP) is 5.11. The highest BCUT2D eigenvalue weighted by Crippen LogP contribution is 2.34. The number of benzene rings is 2. The molecule has 2 aromatic carbocycles. The summed E-state index contributed by atoms with van der Waals surface area (Å²) in [4.78, 5) is 13.1. The molecule has 1 aliphatic rings. The van der Waals surface area contributed by atoms with Crippen molar-refractivity contribution < 1.29 is 13.6 Å². The second-order valence-corrected chi connectivity index (χ2v) is 8.34. The van der Waals surface area contributed by atoms with Crippen LogP contribution in [0.15, 0.2) is 92.2 Å². The SMILES string of the molecule is Cc1ccc(C2=NN(C(=O)CSc3nnc(-c4ccccc4)o3)[C@@H](c3ccco3)C2)cc1. The van der Waals surface area contributed by atoms with Crippen LogP contribution in [0.25, 0.3) is 11.5 Å². The number of hydrazone groups is 1. The molecular weight excluding hydrogens is 424 g/mol. The van der Waals surface area contributed by atoms with Crippen molar-refractivity contribution in [1.82, 2.24) is 15.2 Å². The number of aromatic nitrogens is 2. The summed E-state index contributed by atoms with van der Waals surface area (Å²) >= 11 is 1.20. The lowest BCUT2D eigenvalue weighted by Gasteiger charge is -2.19. The largest absolute Gasteiger partial charge is 0.467 e. The van der Waals surface area contributed by atoms with Crippen LogP contribution in [-0.4, -0.2) is 32.6 Å². The molecule has 8 heteroatoms. The predicted molar refractivity (Wildman–Crippen MR) is 121 cm³/mol. The third-order valence-electron chi connectivity index (χ3n) is 5.17. The van der Waals surface area contributed by atoms with Crippen molar-refractivity contribution in [2.24, 2.45) is 5.10 Å². The first-order valence-corrected chi connectivity index (χ1v) is 11.2. The molecule has 0 fully saturated rings. The minimum Gasteiger partial charge on any atom is -0.467 e. The molecule has 4 aromatic rings. The number of carbonyl (C=O) groups excluding carboxylic acids is 1. The van der Waals surface area contributed by atoms with Gasteiger partial charge in [-0.2, -0.15) is 5.10 Å². The van der Waals surface area contributed by atoms with Gasteiger partial charge in [-0.05, 0) is 36.8 Å². The molecule has 0 spiro atoms. The number of nitrogens with zero attached hydrogens (tertiary/aromatic N) is 4. The second kappa shape index (κ2) is 8.84. The number of aryl methyl sites for hydroxylation is 1. The van der Waals surface area contributed by atoms with Crippen LogP contribution in [0.2, 0.25) is 0 Å². The van der Waals surface area contributed by atoms with E-state index in [0.29, 0.717) is 23.3 Å². The summed E-state index contributed by atoms with van der Waals surface area (Å²) in [5.41, 5.74) is 3.87. The third kappa shape index (κ3) is 4.22. The van der Waals surface area contributed by atoms with Gasteiger partial charge >= 0.3 is 0 Å². The molecule has 2 aromatic heterocycles. The molecule has 3 heterocycles. The second-order valence-electron chi connectivity index (χ2n) is 7.41. The molecule has 0 bridgehead atoms. The molecule has 7 nitrogen and oxygen atoms in total. The molecule has 0 aliphatic carbocycles. The molecule has 5 rings (SSSR count). The lowest BCUT2D eigenvalue weighted by Crippen LogP contribution is -2.28. The zero-order chi connectivity index (χ0) is 21.9. The Hall–Kier alpha value is -3.65. The highest BCUT2D eigenvalue weighted by molar-refractivity contribution is 7.99. The van der Waals surface area contributed by atoms with Gasteiger partial charge in [0.25, 0.3) is 11.1 Å². The maximum atomic E-state index is 13.1. The van der Waals surface area contributed by atoms with Crippen LogP contribution in [0.5, 0.6) is 0 Å². The molecule has 160 valence electrons. The Morgan fingerprint density at radius 3 is 2.59 bits per heavy atom. The van der Waals surface area contributed by atoms with Gasteiger partial charge < -0.3 is 8.83 Å². The normalized spacial score (nSPS) is 15.7. The van der Waals surface area contributed by atoms with Crippen molar-refractivity contribution in [1.29, 1.82) is 0 Å². The van der Waals surface area contributed by atoms with Crippen LogP contribution < -0.4 is 0 Å². The fourth-order valence-corrected chi connectivity index (χ4v) is 4.13. The first kappa shape index (κ1) is 20.3. The summed E-state index contributed by atoms with van der Waals surface area (Å²) in [6, 6.07) is 21.1. The van der Waals surface area contributed by atoms with E-state index < -0.39 is 0 Å². The molecule has 0 saturated carbocycles. The van der Waals surface area contributed by atoms with E-state index >= 15 is 0 Å². The van der Waals surface area contributed by atoms with Crippen molar-refractivity contribution in [3.8, 4) is 11.5 Å². The summed E-state index contributed by atoms with van der Waals surface area (Å²) in [7, 11) is 0. The van der Waals surface area contributed by atoms with Gasteiger partial charge in [-0.25, -0.2) is 5.01 Å². The highest BCUT2D eigenvalue weighted by atomic mass is 32.2. The minimum atomic E-state index is -0.281. The van der Waals surface area contributed by atoms with E-state index in [-0.39, 0.29) is 17.7 Å². The fraction of sp³-hybridized carbons (Fsp3) is 0.167. The Morgan fingerprint density at radius 1 is 1.03 bits per heavy atom. The van der Waals surface area contributed by atoms with E-state index in [4.69, 9.17) is 8.83 Å². The average Bonchev–Trinajstić information content (AvgIpc) is 3.59. The summed E-state index contributed by atoms with van der Waals surface area (Å²) in [5, 5.41) is 14.6. The van der Waals surface area contributed by atoms with Crippen molar-refractivity contribution in [2.45, 2.75) is 24.6 Å². The third-order valence-corrected chi connectivity index (χ3v) is 5.97. The maximum Gasteiger partial charge on any atom is 0.277 e. The van der Waals surface area contributed by atoms with Crippen LogP contribution in [0.1, 0.15) is 29.3 Å². The van der Waals surface area contributed by atoms with Gasteiger partial charge in [0, 0.05) is 12.0 Å². The number of rotatable bonds is 6. The van der Waals surface area contributed by atoms with Crippen molar-refractivity contribution in [3.05, 3.63) is 89.9 Å². The molecule has 0 unspecified atom stereocenters. The van der Waals surface area contributed by atoms with E-state index in [1.54, 1.807) is 6.26 Å². The number of thioether (sulfide) groups is 1. The average molecular weight is 445 g/mol. The molecule has 1 atom stereocenters. The first-order valence-electron chi connectivity index (χ1n) is 10.2. The van der Waals surface area contributed by atoms with Gasteiger partial charge in [-0.15, -0.1) is 10.2 Å². The van der Waals surface area contributed by atoms with Crippen LogP contribution >= 0.6 is 11.8 Å². The summed E-state index contributed by atoms with van der Waals surface area (Å²) < 4.78 is 11.3. The van der Waals surface area contributed by atoms with Crippen molar-refractivity contribution in [3.63, 3.8) is 0 Å². The standard InChI is InChI=1S/C24H20N4O3S/c1-16-9-11-17(12-10-16)19-14-20(21-8-5-13-30-21)28(27-19)22(29)15-32-24-26-25-23(31-24)18-6-3-2-4-7-18/h2-13,20H,14-15H2,1H3/t20-/m1/s1. The number of carbonyl (C=O) groups is 1. The van der Waals surface area contributed by atoms with Crippen LogP contribution in [0, 0.1) is 6.92 Å². The van der Waals surface area contributed by atoms with E-state index in [9.17, 15) is 4.79 Å². The Kier molecular flexibility index (Phi) is 5.60. The van der Waals surface area contributed by atoms with Gasteiger partial charge in [-0.1, -0.05) is 59.8 Å². The van der Waals surface area contributed by atoms with E-state index in [2.05, 4.69) is 15.3 Å². The molecule has 0 radical (unpaired) electrons. The molecule has 1 amide bonds. The molecular formula is C24H20N4O3S. The fourth-order valence-electron chi connectivity index (χ4n) is 3.52. The van der Waals surface area contributed by atoms with Gasteiger partial charge in [0.2, 0.25) is 5.89 Å². The topological polar surface area (TPSA) is 84.7 Å². The Morgan fingerprint density at radius 2 is 1.84 bits per heavy atom. The highest BCUT2D eigenvalue weighted by Gasteiger charge is 2.35. The number of amides is 1. The molecule has 0 N–H and O–H groups in total. The van der Waals surface area contributed by atoms with Crippen LogP contribution in [-0.2, 0) is 4.79 Å². The minimum absolute atomic E-state index is 0.123. The lowest BCUT2D eigenvalue weighted by molar-refractivity contribution is -0.130. The zero-order valence-electron chi connectivity index (χ0n) is 17.3. The molecule has 32 heavy (non-hydrogen) atoms. The first-order chi connectivity index (χ1) is 15.7. The molecule has 1 aliphatic heterocycles. The van der Waals surface area contributed by atoms with E-state index in [0.717, 1.165) is 16.8 Å². The number of hydrogen-bond acceptors (Lipinski definition) is 7. The van der Waals surface area contributed by atoms with Gasteiger partial charge in [-0.3, -0.25) is 4.79 Å². The van der Waals surface area contributed by atoms with Gasteiger partial charge in [0.15, 0.2) is 0 Å². The monoisotopic (exact) mass is 444 g/mol. The summed E-state index contributed by atoms with van der Waals surface area (Å²) in [6.45, 7) is 2.04. The van der Waals surface area contributed by atoms with Gasteiger partial charge in [0.1, 0.15) is 11.8 Å². The lowest BCUT2D eigenvalue weighted by atomic mass is 10.0. The Bertz CT molecular complexity index is 1230. The number of furan rings is 1. The van der Waals surface area contributed by atoms with E-state index in [1.807, 2.05) is 73.7 Å². The smallest absolute Gasteiger partial charge is 0.277 e. The number of hydrogen-bond donors (Lipinski definition) is 0. The quantitative estimate of drug-likeness (QED) is 0.384.